The molecule has 8 nitrogen and oxygen atoms in total. The van der Waals surface area contributed by atoms with E-state index in [1.165, 1.54) is 12.8 Å². The quantitative estimate of drug-likeness (QED) is 0.891. The van der Waals surface area contributed by atoms with Gasteiger partial charge >= 0.3 is 0 Å². The van der Waals surface area contributed by atoms with Crippen molar-refractivity contribution in [1.82, 2.24) is 30.1 Å². The molecule has 3 heterocycles. The molecule has 1 aliphatic heterocycles. The van der Waals surface area contributed by atoms with Crippen LogP contribution >= 0.6 is 0 Å². The van der Waals surface area contributed by atoms with Gasteiger partial charge in [0.2, 0.25) is 5.89 Å². The van der Waals surface area contributed by atoms with Crippen molar-refractivity contribution in [2.24, 2.45) is 0 Å². The van der Waals surface area contributed by atoms with Gasteiger partial charge in [-0.2, -0.15) is 10.1 Å². The highest BCUT2D eigenvalue weighted by atomic mass is 16.5. The molecule has 2 aromatic rings. The lowest BCUT2D eigenvalue weighted by Crippen LogP contribution is -2.38. The molecule has 0 radical (unpaired) electrons. The molecule has 4 rings (SSSR count). The van der Waals surface area contributed by atoms with Crippen molar-refractivity contribution < 1.29 is 9.32 Å². The number of amides is 1. The summed E-state index contributed by atoms with van der Waals surface area (Å²) in [7, 11) is 1.62. The number of hydrogen-bond acceptors (Lipinski definition) is 6. The summed E-state index contributed by atoms with van der Waals surface area (Å²) in [6.45, 7) is 3.98. The number of hydrogen-bond donors (Lipinski definition) is 1. The molecular formula is C17H24N6O2. The molecule has 0 spiro atoms. The lowest BCUT2D eigenvalue weighted by atomic mass is 10.0. The van der Waals surface area contributed by atoms with Crippen molar-refractivity contribution in [3.05, 3.63) is 29.7 Å². The summed E-state index contributed by atoms with van der Waals surface area (Å²) in [4.78, 5) is 18.7. The van der Waals surface area contributed by atoms with Gasteiger partial charge in [-0.05, 0) is 45.2 Å². The minimum Gasteiger partial charge on any atom is -0.354 e. The van der Waals surface area contributed by atoms with E-state index in [0.717, 1.165) is 31.8 Å². The molecule has 134 valence electrons. The Bertz CT molecular complexity index is 750. The van der Waals surface area contributed by atoms with Crippen molar-refractivity contribution >= 4 is 5.91 Å². The number of rotatable bonds is 5. The standard InChI is InChI=1S/C17H24N6O2/c1-11(17-19-15(21-25-17)12-5-6-12)22-8-3-4-13(10-22)23-9-7-14(20-23)16(24)18-2/h7,9,11-13H,3-6,8,10H2,1-2H3,(H,18,24)/t11-,13+/m1/s1. The summed E-state index contributed by atoms with van der Waals surface area (Å²) in [6.07, 6.45) is 6.36. The van der Waals surface area contributed by atoms with Crippen molar-refractivity contribution in [2.45, 2.75) is 50.6 Å². The number of aromatic nitrogens is 4. The van der Waals surface area contributed by atoms with Crippen molar-refractivity contribution in [3.8, 4) is 0 Å². The second-order valence-electron chi connectivity index (χ2n) is 6.99. The first-order chi connectivity index (χ1) is 12.2. The van der Waals surface area contributed by atoms with Gasteiger partial charge in [-0.25, -0.2) is 0 Å². The highest BCUT2D eigenvalue weighted by Gasteiger charge is 2.32. The number of piperidine rings is 1. The van der Waals surface area contributed by atoms with Crippen LogP contribution in [-0.4, -0.2) is 50.9 Å². The Morgan fingerprint density at radius 3 is 3.00 bits per heavy atom. The summed E-state index contributed by atoms with van der Waals surface area (Å²) in [5.74, 6) is 1.91. The Morgan fingerprint density at radius 2 is 2.24 bits per heavy atom. The molecule has 2 aliphatic rings. The molecule has 0 aromatic carbocycles. The lowest BCUT2D eigenvalue weighted by molar-refractivity contribution is 0.0951. The average molecular weight is 344 g/mol. The van der Waals surface area contributed by atoms with Gasteiger partial charge in [-0.1, -0.05) is 5.16 Å². The van der Waals surface area contributed by atoms with Crippen LogP contribution in [0.1, 0.15) is 72.8 Å². The van der Waals surface area contributed by atoms with Crippen LogP contribution in [0.25, 0.3) is 0 Å². The molecular weight excluding hydrogens is 320 g/mol. The molecule has 0 unspecified atom stereocenters. The highest BCUT2D eigenvalue weighted by Crippen LogP contribution is 2.39. The first-order valence-corrected chi connectivity index (χ1v) is 9.00. The first-order valence-electron chi connectivity index (χ1n) is 9.00. The van der Waals surface area contributed by atoms with Gasteiger partial charge < -0.3 is 9.84 Å². The summed E-state index contributed by atoms with van der Waals surface area (Å²) >= 11 is 0. The smallest absolute Gasteiger partial charge is 0.271 e. The zero-order chi connectivity index (χ0) is 17.4. The fraction of sp³-hybridized carbons (Fsp3) is 0.647. The normalized spacial score (nSPS) is 22.7. The average Bonchev–Trinajstić information content (AvgIpc) is 3.18. The molecule has 8 heteroatoms. The van der Waals surface area contributed by atoms with Gasteiger partial charge in [-0.15, -0.1) is 0 Å². The summed E-state index contributed by atoms with van der Waals surface area (Å²) in [6, 6.07) is 2.11. The third-order valence-electron chi connectivity index (χ3n) is 5.18. The van der Waals surface area contributed by atoms with Crippen LogP contribution < -0.4 is 5.32 Å². The second-order valence-corrected chi connectivity index (χ2v) is 6.99. The number of carbonyl (C=O) groups excluding carboxylic acids is 1. The van der Waals surface area contributed by atoms with Gasteiger partial charge in [0.15, 0.2) is 5.82 Å². The highest BCUT2D eigenvalue weighted by molar-refractivity contribution is 5.91. The van der Waals surface area contributed by atoms with E-state index in [1.807, 2.05) is 10.9 Å². The Balaban J connectivity index is 1.44. The Hall–Kier alpha value is -2.22. The fourth-order valence-corrected chi connectivity index (χ4v) is 3.42. The Labute approximate surface area is 146 Å². The molecule has 0 bridgehead atoms. The molecule has 2 aromatic heterocycles. The minimum atomic E-state index is -0.154. The van der Waals surface area contributed by atoms with E-state index in [0.29, 0.717) is 17.5 Å². The maximum atomic E-state index is 11.7. The van der Waals surface area contributed by atoms with Crippen LogP contribution in [0.5, 0.6) is 0 Å². The van der Waals surface area contributed by atoms with Gasteiger partial charge in [0.1, 0.15) is 5.69 Å². The predicted octanol–water partition coefficient (Wildman–Crippen LogP) is 1.90. The fourth-order valence-electron chi connectivity index (χ4n) is 3.42. The maximum Gasteiger partial charge on any atom is 0.271 e. The predicted molar refractivity (Wildman–Crippen MR) is 90.1 cm³/mol. The molecule has 25 heavy (non-hydrogen) atoms. The van der Waals surface area contributed by atoms with Crippen molar-refractivity contribution in [3.63, 3.8) is 0 Å². The maximum absolute atomic E-state index is 11.7. The molecule has 2 fully saturated rings. The first kappa shape index (κ1) is 16.3. The van der Waals surface area contributed by atoms with Crippen LogP contribution in [0.2, 0.25) is 0 Å². The zero-order valence-electron chi connectivity index (χ0n) is 14.7. The van der Waals surface area contributed by atoms with E-state index < -0.39 is 0 Å². The third-order valence-corrected chi connectivity index (χ3v) is 5.18. The zero-order valence-corrected chi connectivity index (χ0v) is 14.7. The van der Waals surface area contributed by atoms with Crippen molar-refractivity contribution in [1.29, 1.82) is 0 Å². The topological polar surface area (TPSA) is 89.1 Å². The van der Waals surface area contributed by atoms with Crippen LogP contribution in [0, 0.1) is 0 Å². The SMILES string of the molecule is CNC(=O)c1ccn([C@H]2CCCN([C@H](C)c3nc(C4CC4)no3)C2)n1. The number of nitrogens with one attached hydrogen (secondary N) is 1. The molecule has 1 N–H and O–H groups in total. The summed E-state index contributed by atoms with van der Waals surface area (Å²) in [5.41, 5.74) is 0.457. The van der Waals surface area contributed by atoms with Gasteiger partial charge in [0.05, 0.1) is 12.1 Å². The Kier molecular flexibility index (Phi) is 4.29. The monoisotopic (exact) mass is 344 g/mol. The van der Waals surface area contributed by atoms with E-state index >= 15 is 0 Å². The molecule has 1 saturated carbocycles. The van der Waals surface area contributed by atoms with Gasteiger partial charge in [-0.3, -0.25) is 14.4 Å². The van der Waals surface area contributed by atoms with Crippen molar-refractivity contribution in [2.75, 3.05) is 20.1 Å². The van der Waals surface area contributed by atoms with E-state index in [9.17, 15) is 4.79 Å². The molecule has 2 atom stereocenters. The summed E-state index contributed by atoms with van der Waals surface area (Å²) < 4.78 is 7.40. The van der Waals surface area contributed by atoms with Crippen LogP contribution in [0.4, 0.5) is 0 Å². The van der Waals surface area contributed by atoms with Gasteiger partial charge in [0.25, 0.3) is 5.91 Å². The largest absolute Gasteiger partial charge is 0.354 e. The van der Waals surface area contributed by atoms with E-state index in [2.05, 4.69) is 32.4 Å². The third kappa shape index (κ3) is 3.30. The molecule has 1 amide bonds. The second kappa shape index (κ2) is 6.59. The summed E-state index contributed by atoms with van der Waals surface area (Å²) in [5, 5.41) is 11.2. The minimum absolute atomic E-state index is 0.0942. The van der Waals surface area contributed by atoms with Gasteiger partial charge in [0, 0.05) is 25.7 Å². The van der Waals surface area contributed by atoms with E-state index in [1.54, 1.807) is 13.1 Å². The van der Waals surface area contributed by atoms with E-state index in [-0.39, 0.29) is 18.0 Å². The van der Waals surface area contributed by atoms with Crippen LogP contribution in [0.3, 0.4) is 0 Å². The van der Waals surface area contributed by atoms with Crippen LogP contribution in [-0.2, 0) is 0 Å². The molecule has 1 aliphatic carbocycles. The number of likely N-dealkylation sites (tertiary alicyclic amines) is 1. The molecule has 1 saturated heterocycles. The van der Waals surface area contributed by atoms with Crippen LogP contribution in [0.15, 0.2) is 16.8 Å². The Morgan fingerprint density at radius 1 is 1.40 bits per heavy atom. The number of nitrogens with zero attached hydrogens (tertiary/aromatic N) is 5. The van der Waals surface area contributed by atoms with E-state index in [4.69, 9.17) is 4.52 Å². The lowest BCUT2D eigenvalue weighted by Gasteiger charge is -2.35. The number of carbonyl (C=O) groups is 1.